The molecule has 0 N–H and O–H groups in total. The molecule has 0 aliphatic heterocycles. The van der Waals surface area contributed by atoms with Crippen LogP contribution in [0.2, 0.25) is 0 Å². The van der Waals surface area contributed by atoms with Crippen LogP contribution in [0.5, 0.6) is 0 Å². The van der Waals surface area contributed by atoms with E-state index < -0.39 is 11.7 Å². The standard InChI is InChI=1S/C9H8F3.BrH.Mg/c1-6-3-4-8(7(2)5-6)9(10,11)12;;/h3,5H,1-2H3;1H;/q-1;;+2/p-1. The maximum Gasteiger partial charge on any atom is 2.00 e. The van der Waals surface area contributed by atoms with Gasteiger partial charge in [0.15, 0.2) is 0 Å². The number of rotatable bonds is 0. The first-order valence-corrected chi connectivity index (χ1v) is 3.47. The zero-order chi connectivity index (χ0) is 9.35. The van der Waals surface area contributed by atoms with Gasteiger partial charge in [-0.05, 0) is 0 Å². The van der Waals surface area contributed by atoms with Crippen LogP contribution in [-0.4, -0.2) is 23.1 Å². The Kier molecular flexibility index (Phi) is 7.12. The smallest absolute Gasteiger partial charge is 1.00 e. The Hall–Kier alpha value is 0.256. The van der Waals surface area contributed by atoms with E-state index in [0.717, 1.165) is 5.56 Å². The van der Waals surface area contributed by atoms with E-state index in [2.05, 4.69) is 6.07 Å². The van der Waals surface area contributed by atoms with E-state index in [4.69, 9.17) is 0 Å². The van der Waals surface area contributed by atoms with Gasteiger partial charge in [-0.15, -0.1) is 5.56 Å². The Bertz CT molecular complexity index is 297. The molecule has 0 fully saturated rings. The van der Waals surface area contributed by atoms with Crippen LogP contribution in [0, 0.1) is 19.9 Å². The van der Waals surface area contributed by atoms with E-state index in [1.54, 1.807) is 6.92 Å². The van der Waals surface area contributed by atoms with Gasteiger partial charge in [-0.2, -0.15) is 36.9 Å². The van der Waals surface area contributed by atoms with Crippen LogP contribution in [0.25, 0.3) is 0 Å². The molecule has 0 aromatic heterocycles. The first-order chi connectivity index (χ1) is 5.41. The predicted octanol–water partition coefficient (Wildman–Crippen LogP) is -0.254. The molecule has 0 aliphatic rings. The van der Waals surface area contributed by atoms with Crippen LogP contribution in [-0.2, 0) is 6.18 Å². The summed E-state index contributed by atoms with van der Waals surface area (Å²) in [4.78, 5) is 0. The van der Waals surface area contributed by atoms with Crippen LogP contribution < -0.4 is 17.0 Å². The van der Waals surface area contributed by atoms with Crippen LogP contribution in [0.3, 0.4) is 0 Å². The quantitative estimate of drug-likeness (QED) is 0.453. The molecule has 74 valence electrons. The van der Waals surface area contributed by atoms with Crippen molar-refractivity contribution in [1.82, 2.24) is 0 Å². The molecule has 0 bridgehead atoms. The summed E-state index contributed by atoms with van der Waals surface area (Å²) < 4.78 is 36.4. The summed E-state index contributed by atoms with van der Waals surface area (Å²) in [5.41, 5.74) is 0.344. The SMILES string of the molecule is Cc1c[c-]c(C(F)(F)F)c(C)c1.[Br-].[Mg+2]. The maximum absolute atomic E-state index is 12.1. The third-order valence-electron chi connectivity index (χ3n) is 1.57. The Balaban J connectivity index is 0. The van der Waals surface area contributed by atoms with Gasteiger partial charge in [0.05, 0.1) is 0 Å². The molecule has 5 heteroatoms. The van der Waals surface area contributed by atoms with E-state index in [9.17, 15) is 13.2 Å². The zero-order valence-electron chi connectivity index (χ0n) is 7.87. The van der Waals surface area contributed by atoms with Gasteiger partial charge >= 0.3 is 29.2 Å². The fourth-order valence-electron chi connectivity index (χ4n) is 1.06. The molecule has 0 aliphatic carbocycles. The minimum atomic E-state index is -4.28. The molecule has 0 heterocycles. The van der Waals surface area contributed by atoms with Crippen molar-refractivity contribution in [2.75, 3.05) is 0 Å². The average molecular weight is 277 g/mol. The van der Waals surface area contributed by atoms with E-state index in [1.165, 1.54) is 19.1 Å². The zero-order valence-corrected chi connectivity index (χ0v) is 10.9. The summed E-state index contributed by atoms with van der Waals surface area (Å²) in [5, 5.41) is 0. The van der Waals surface area contributed by atoms with Crippen molar-refractivity contribution in [1.29, 1.82) is 0 Å². The Morgan fingerprint density at radius 1 is 1.21 bits per heavy atom. The minimum Gasteiger partial charge on any atom is -1.00 e. The number of halogens is 4. The molecule has 0 unspecified atom stereocenters. The minimum absolute atomic E-state index is 0. The Labute approximate surface area is 108 Å². The third kappa shape index (κ3) is 4.19. The predicted molar refractivity (Wildman–Crippen MR) is 45.5 cm³/mol. The molecule has 0 amide bonds. The van der Waals surface area contributed by atoms with Gasteiger partial charge < -0.3 is 17.0 Å². The number of aryl methyl sites for hydroxylation is 2. The molecule has 0 nitrogen and oxygen atoms in total. The van der Waals surface area contributed by atoms with Gasteiger partial charge in [-0.3, -0.25) is 0 Å². The molecule has 0 saturated carbocycles. The second kappa shape index (κ2) is 5.97. The normalized spacial score (nSPS) is 10.1. The Morgan fingerprint density at radius 3 is 2.07 bits per heavy atom. The molecular weight excluding hydrogens is 269 g/mol. The van der Waals surface area contributed by atoms with E-state index in [1.807, 2.05) is 0 Å². The number of benzene rings is 1. The second-order valence-electron chi connectivity index (χ2n) is 2.73. The molecule has 1 aromatic rings. The first kappa shape index (κ1) is 16.7. The fourth-order valence-corrected chi connectivity index (χ4v) is 1.06. The van der Waals surface area contributed by atoms with Gasteiger partial charge in [0.1, 0.15) is 0 Å². The number of hydrogen-bond donors (Lipinski definition) is 0. The summed E-state index contributed by atoms with van der Waals surface area (Å²) in [7, 11) is 0. The fraction of sp³-hybridized carbons (Fsp3) is 0.333. The molecule has 1 aromatic carbocycles. The second-order valence-corrected chi connectivity index (χ2v) is 2.73. The van der Waals surface area contributed by atoms with Gasteiger partial charge in [0.2, 0.25) is 0 Å². The third-order valence-corrected chi connectivity index (χ3v) is 1.57. The van der Waals surface area contributed by atoms with Gasteiger partial charge in [-0.25, -0.2) is 0 Å². The maximum atomic E-state index is 12.1. The summed E-state index contributed by atoms with van der Waals surface area (Å²) in [6.45, 7) is 3.18. The molecule has 0 saturated heterocycles. The monoisotopic (exact) mass is 276 g/mol. The number of alkyl halides is 3. The van der Waals surface area contributed by atoms with Crippen molar-refractivity contribution < 1.29 is 30.2 Å². The molecular formula is C9H8BrF3Mg. The summed E-state index contributed by atoms with van der Waals surface area (Å²) in [5.74, 6) is 0. The van der Waals surface area contributed by atoms with E-state index in [-0.39, 0.29) is 45.6 Å². The molecule has 1 rings (SSSR count). The van der Waals surface area contributed by atoms with Crippen LogP contribution in [0.15, 0.2) is 12.1 Å². The van der Waals surface area contributed by atoms with Gasteiger partial charge in [0, 0.05) is 0 Å². The van der Waals surface area contributed by atoms with Crippen molar-refractivity contribution in [3.8, 4) is 0 Å². The molecule has 0 atom stereocenters. The summed E-state index contributed by atoms with van der Waals surface area (Å²) >= 11 is 0. The van der Waals surface area contributed by atoms with Gasteiger partial charge in [-0.1, -0.05) is 19.4 Å². The van der Waals surface area contributed by atoms with Crippen LogP contribution >= 0.6 is 0 Å². The van der Waals surface area contributed by atoms with E-state index in [0.29, 0.717) is 0 Å². The largest absolute Gasteiger partial charge is 2.00 e. The van der Waals surface area contributed by atoms with Crippen molar-refractivity contribution in [2.45, 2.75) is 20.0 Å². The Morgan fingerprint density at radius 2 is 1.71 bits per heavy atom. The summed E-state index contributed by atoms with van der Waals surface area (Å²) in [6, 6.07) is 5.06. The van der Waals surface area contributed by atoms with Crippen molar-refractivity contribution >= 4 is 23.1 Å². The van der Waals surface area contributed by atoms with Gasteiger partial charge in [0.25, 0.3) is 0 Å². The van der Waals surface area contributed by atoms with Crippen LogP contribution in [0.1, 0.15) is 16.7 Å². The van der Waals surface area contributed by atoms with Crippen molar-refractivity contribution in [2.24, 2.45) is 0 Å². The van der Waals surface area contributed by atoms with Crippen molar-refractivity contribution in [3.05, 3.63) is 34.9 Å². The average Bonchev–Trinajstić information content (AvgIpc) is 1.83. The molecule has 0 radical (unpaired) electrons. The first-order valence-electron chi connectivity index (χ1n) is 3.47. The topological polar surface area (TPSA) is 0 Å². The van der Waals surface area contributed by atoms with Crippen molar-refractivity contribution in [3.63, 3.8) is 0 Å². The molecule has 0 spiro atoms. The summed E-state index contributed by atoms with van der Waals surface area (Å²) in [6.07, 6.45) is -4.28. The molecule has 14 heavy (non-hydrogen) atoms. The van der Waals surface area contributed by atoms with E-state index >= 15 is 0 Å². The van der Waals surface area contributed by atoms with Crippen LogP contribution in [0.4, 0.5) is 13.2 Å². The number of hydrogen-bond acceptors (Lipinski definition) is 0.